The molecular weight excluding hydrogens is 397 g/mol. The molecule has 1 amide bonds. The SMILES string of the molecule is COC(=O)CSCCC(=O)NCCc1ccc(I)s1. The lowest BCUT2D eigenvalue weighted by atomic mass is 10.3. The molecule has 0 spiro atoms. The summed E-state index contributed by atoms with van der Waals surface area (Å²) in [5, 5.41) is 2.88. The van der Waals surface area contributed by atoms with E-state index in [1.54, 1.807) is 11.3 Å². The summed E-state index contributed by atoms with van der Waals surface area (Å²) in [6.45, 7) is 0.664. The van der Waals surface area contributed by atoms with Crippen LogP contribution in [0.5, 0.6) is 0 Å². The number of hydrogen-bond donors (Lipinski definition) is 1. The van der Waals surface area contributed by atoms with Gasteiger partial charge in [0.15, 0.2) is 0 Å². The molecule has 0 aromatic carbocycles. The maximum atomic E-state index is 11.5. The molecule has 0 fully saturated rings. The molecule has 0 bridgehead atoms. The summed E-state index contributed by atoms with van der Waals surface area (Å²) in [5.74, 6) is 0.719. The van der Waals surface area contributed by atoms with Gasteiger partial charge in [-0.1, -0.05) is 0 Å². The summed E-state index contributed by atoms with van der Waals surface area (Å²) < 4.78 is 5.78. The molecule has 0 unspecified atom stereocenters. The monoisotopic (exact) mass is 413 g/mol. The van der Waals surface area contributed by atoms with E-state index in [0.717, 1.165) is 6.42 Å². The second-order valence-electron chi connectivity index (χ2n) is 3.68. The number of thioether (sulfide) groups is 1. The average molecular weight is 413 g/mol. The van der Waals surface area contributed by atoms with Crippen molar-refractivity contribution in [3.63, 3.8) is 0 Å². The minimum atomic E-state index is -0.252. The third-order valence-corrected chi connectivity index (χ3v) is 5.13. The molecule has 0 aliphatic rings. The highest BCUT2D eigenvalue weighted by molar-refractivity contribution is 14.1. The lowest BCUT2D eigenvalue weighted by Crippen LogP contribution is -2.25. The molecule has 1 aromatic heterocycles. The number of methoxy groups -OCH3 is 1. The van der Waals surface area contributed by atoms with Crippen molar-refractivity contribution in [3.8, 4) is 0 Å². The topological polar surface area (TPSA) is 55.4 Å². The van der Waals surface area contributed by atoms with E-state index in [2.05, 4.69) is 44.8 Å². The summed E-state index contributed by atoms with van der Waals surface area (Å²) in [6, 6.07) is 4.16. The number of esters is 1. The minimum absolute atomic E-state index is 0.0311. The van der Waals surface area contributed by atoms with E-state index >= 15 is 0 Å². The van der Waals surface area contributed by atoms with Gasteiger partial charge < -0.3 is 10.1 Å². The van der Waals surface area contributed by atoms with Crippen LogP contribution >= 0.6 is 45.7 Å². The number of amides is 1. The molecule has 0 saturated heterocycles. The molecule has 0 aliphatic carbocycles. The Balaban J connectivity index is 2.03. The van der Waals surface area contributed by atoms with Gasteiger partial charge in [0.2, 0.25) is 5.91 Å². The molecule has 1 rings (SSSR count). The highest BCUT2D eigenvalue weighted by atomic mass is 127. The quantitative estimate of drug-likeness (QED) is 0.404. The largest absolute Gasteiger partial charge is 0.468 e. The van der Waals surface area contributed by atoms with Gasteiger partial charge in [0.25, 0.3) is 0 Å². The normalized spacial score (nSPS) is 10.2. The first kappa shape index (κ1) is 16.8. The Bertz CT molecular complexity index is 423. The Labute approximate surface area is 134 Å². The molecule has 7 heteroatoms. The first-order valence-electron chi connectivity index (χ1n) is 5.77. The fourth-order valence-corrected chi connectivity index (χ4v) is 3.79. The van der Waals surface area contributed by atoms with Crippen molar-refractivity contribution in [2.45, 2.75) is 12.8 Å². The Morgan fingerprint density at radius 1 is 1.47 bits per heavy atom. The molecular formula is C12H16INO3S2. The zero-order chi connectivity index (χ0) is 14.1. The molecule has 1 N–H and O–H groups in total. The fourth-order valence-electron chi connectivity index (χ4n) is 1.28. The molecule has 1 aromatic rings. The van der Waals surface area contributed by atoms with Crippen LogP contribution in [-0.2, 0) is 20.7 Å². The van der Waals surface area contributed by atoms with Crippen molar-refractivity contribution >= 4 is 57.6 Å². The van der Waals surface area contributed by atoms with Gasteiger partial charge >= 0.3 is 5.97 Å². The van der Waals surface area contributed by atoms with E-state index in [-0.39, 0.29) is 11.9 Å². The zero-order valence-corrected chi connectivity index (χ0v) is 14.4. The maximum absolute atomic E-state index is 11.5. The van der Waals surface area contributed by atoms with E-state index < -0.39 is 0 Å². The third-order valence-electron chi connectivity index (χ3n) is 2.24. The lowest BCUT2D eigenvalue weighted by molar-refractivity contribution is -0.137. The Morgan fingerprint density at radius 2 is 2.26 bits per heavy atom. The number of nitrogens with one attached hydrogen (secondary N) is 1. The Hall–Kier alpha value is -0.280. The van der Waals surface area contributed by atoms with Crippen LogP contribution in [0.4, 0.5) is 0 Å². The van der Waals surface area contributed by atoms with E-state index in [4.69, 9.17) is 0 Å². The Morgan fingerprint density at radius 3 is 2.89 bits per heavy atom. The first-order valence-corrected chi connectivity index (χ1v) is 8.82. The van der Waals surface area contributed by atoms with Crippen LogP contribution in [0.25, 0.3) is 0 Å². The molecule has 0 saturated carbocycles. The number of carbonyl (C=O) groups is 2. The number of carbonyl (C=O) groups excluding carboxylic acids is 2. The van der Waals surface area contributed by atoms with Crippen LogP contribution in [0, 0.1) is 2.88 Å². The summed E-state index contributed by atoms with van der Waals surface area (Å²) in [6.07, 6.45) is 1.30. The molecule has 4 nitrogen and oxygen atoms in total. The van der Waals surface area contributed by atoms with Gasteiger partial charge in [0.1, 0.15) is 0 Å². The van der Waals surface area contributed by atoms with E-state index in [9.17, 15) is 9.59 Å². The second kappa shape index (κ2) is 9.60. The van der Waals surface area contributed by atoms with Gasteiger partial charge in [0.05, 0.1) is 15.7 Å². The number of hydrogen-bond acceptors (Lipinski definition) is 5. The standard InChI is InChI=1S/C12H16INO3S2/c1-17-12(16)8-18-7-5-11(15)14-6-4-9-2-3-10(13)19-9/h2-3H,4-8H2,1H3,(H,14,15). The van der Waals surface area contributed by atoms with Gasteiger partial charge in [-0.15, -0.1) is 23.1 Å². The average Bonchev–Trinajstić information content (AvgIpc) is 2.80. The van der Waals surface area contributed by atoms with Crippen LogP contribution in [0.15, 0.2) is 12.1 Å². The molecule has 106 valence electrons. The van der Waals surface area contributed by atoms with E-state index in [1.807, 2.05) is 0 Å². The molecule has 0 atom stereocenters. The molecule has 1 heterocycles. The predicted molar refractivity (Wildman–Crippen MR) is 87.7 cm³/mol. The molecule has 19 heavy (non-hydrogen) atoms. The Kier molecular flexibility index (Phi) is 8.47. The van der Waals surface area contributed by atoms with Crippen LogP contribution in [0.2, 0.25) is 0 Å². The second-order valence-corrected chi connectivity index (χ2v) is 7.85. The summed E-state index contributed by atoms with van der Waals surface area (Å²) >= 11 is 5.45. The number of rotatable bonds is 8. The fraction of sp³-hybridized carbons (Fsp3) is 0.500. The number of thiophene rings is 1. The smallest absolute Gasteiger partial charge is 0.315 e. The van der Waals surface area contributed by atoms with Crippen molar-refractivity contribution in [3.05, 3.63) is 19.9 Å². The van der Waals surface area contributed by atoms with Crippen molar-refractivity contribution < 1.29 is 14.3 Å². The van der Waals surface area contributed by atoms with Crippen molar-refractivity contribution in [2.24, 2.45) is 0 Å². The highest BCUT2D eigenvalue weighted by Crippen LogP contribution is 2.18. The van der Waals surface area contributed by atoms with Crippen molar-refractivity contribution in [1.29, 1.82) is 0 Å². The van der Waals surface area contributed by atoms with Crippen LogP contribution < -0.4 is 5.32 Å². The number of ether oxygens (including phenoxy) is 1. The molecule has 0 aliphatic heterocycles. The van der Waals surface area contributed by atoms with Gasteiger partial charge in [-0.05, 0) is 41.1 Å². The van der Waals surface area contributed by atoms with Crippen molar-refractivity contribution in [2.75, 3.05) is 25.2 Å². The zero-order valence-electron chi connectivity index (χ0n) is 10.6. The van der Waals surface area contributed by atoms with Crippen molar-refractivity contribution in [1.82, 2.24) is 5.32 Å². The van der Waals surface area contributed by atoms with Crippen LogP contribution in [-0.4, -0.2) is 37.0 Å². The lowest BCUT2D eigenvalue weighted by Gasteiger charge is -2.04. The summed E-state index contributed by atoms with van der Waals surface area (Å²) in [5.41, 5.74) is 0. The van der Waals surface area contributed by atoms with Gasteiger partial charge in [-0.2, -0.15) is 0 Å². The van der Waals surface area contributed by atoms with Gasteiger partial charge in [-0.3, -0.25) is 9.59 Å². The molecule has 0 radical (unpaired) electrons. The number of halogens is 1. The van der Waals surface area contributed by atoms with E-state index in [0.29, 0.717) is 24.5 Å². The minimum Gasteiger partial charge on any atom is -0.468 e. The van der Waals surface area contributed by atoms with Gasteiger partial charge in [-0.25, -0.2) is 0 Å². The summed E-state index contributed by atoms with van der Waals surface area (Å²) in [7, 11) is 1.36. The third kappa shape index (κ3) is 7.78. The summed E-state index contributed by atoms with van der Waals surface area (Å²) in [4.78, 5) is 23.6. The van der Waals surface area contributed by atoms with Crippen LogP contribution in [0.1, 0.15) is 11.3 Å². The van der Waals surface area contributed by atoms with Crippen LogP contribution in [0.3, 0.4) is 0 Å². The first-order chi connectivity index (χ1) is 9.11. The predicted octanol–water partition coefficient (Wildman–Crippen LogP) is 2.31. The highest BCUT2D eigenvalue weighted by Gasteiger charge is 2.04. The van der Waals surface area contributed by atoms with Gasteiger partial charge in [0, 0.05) is 23.6 Å². The maximum Gasteiger partial charge on any atom is 0.315 e. The van der Waals surface area contributed by atoms with E-state index in [1.165, 1.54) is 26.6 Å².